The molecule has 1 saturated heterocycles. The third-order valence-corrected chi connectivity index (χ3v) is 10.8. The Labute approximate surface area is 252 Å². The third-order valence-electron chi connectivity index (χ3n) is 9.64. The molecule has 1 aromatic heterocycles. The van der Waals surface area contributed by atoms with Gasteiger partial charge in [-0.05, 0) is 92.7 Å². The maximum atomic E-state index is 13.3. The number of anilines is 1. The summed E-state index contributed by atoms with van der Waals surface area (Å²) in [5.74, 6) is 2.00. The van der Waals surface area contributed by atoms with Gasteiger partial charge in [-0.15, -0.1) is 0 Å². The van der Waals surface area contributed by atoms with Crippen molar-refractivity contribution < 1.29 is 14.4 Å². The van der Waals surface area contributed by atoms with E-state index in [4.69, 9.17) is 11.6 Å². The topological polar surface area (TPSA) is 104 Å². The summed E-state index contributed by atoms with van der Waals surface area (Å²) in [6, 6.07) is 12.1. The minimum absolute atomic E-state index is 0.0660. The van der Waals surface area contributed by atoms with Crippen LogP contribution in [0.15, 0.2) is 47.3 Å². The molecule has 42 heavy (non-hydrogen) atoms. The molecule has 5 fully saturated rings. The van der Waals surface area contributed by atoms with Crippen LogP contribution in [0.4, 0.5) is 10.5 Å². The van der Waals surface area contributed by atoms with Crippen molar-refractivity contribution in [2.75, 3.05) is 31.5 Å². The molecule has 3 aromatic rings. The highest BCUT2D eigenvalue weighted by Gasteiger charge is 2.51. The molecule has 4 aliphatic carbocycles. The quantitative estimate of drug-likeness (QED) is 0.435. The molecule has 220 valence electrons. The fraction of sp³-hybridized carbons (Fsp3) is 0.484. The highest BCUT2D eigenvalue weighted by atomic mass is 35.5. The van der Waals surface area contributed by atoms with E-state index in [2.05, 4.69) is 10.6 Å². The van der Waals surface area contributed by atoms with Gasteiger partial charge in [-0.1, -0.05) is 29.0 Å². The fourth-order valence-corrected chi connectivity index (χ4v) is 9.13. The molecular formula is C31H34ClN5O4S. The van der Waals surface area contributed by atoms with Gasteiger partial charge in [0.2, 0.25) is 5.91 Å². The Morgan fingerprint density at radius 1 is 0.905 bits per heavy atom. The van der Waals surface area contributed by atoms with Crippen molar-refractivity contribution in [2.45, 2.75) is 50.6 Å². The molecular weight excluding hydrogens is 574 g/mol. The van der Waals surface area contributed by atoms with Gasteiger partial charge >= 0.3 is 10.9 Å². The number of thiazole rings is 1. The van der Waals surface area contributed by atoms with Crippen LogP contribution in [0.25, 0.3) is 10.2 Å². The first-order chi connectivity index (χ1) is 20.2. The summed E-state index contributed by atoms with van der Waals surface area (Å²) in [4.78, 5) is 55.0. The Bertz CT molecular complexity index is 1590. The van der Waals surface area contributed by atoms with Crippen molar-refractivity contribution in [2.24, 2.45) is 17.8 Å². The number of nitrogens with one attached hydrogen (secondary N) is 2. The largest absolute Gasteiger partial charge is 0.347 e. The van der Waals surface area contributed by atoms with E-state index in [0.717, 1.165) is 53.1 Å². The van der Waals surface area contributed by atoms with Gasteiger partial charge in [0.15, 0.2) is 0 Å². The van der Waals surface area contributed by atoms with Crippen molar-refractivity contribution in [1.29, 1.82) is 0 Å². The van der Waals surface area contributed by atoms with Crippen LogP contribution in [0.2, 0.25) is 5.02 Å². The zero-order valence-electron chi connectivity index (χ0n) is 23.3. The second-order valence-electron chi connectivity index (χ2n) is 12.6. The lowest BCUT2D eigenvalue weighted by Gasteiger charge is -2.56. The van der Waals surface area contributed by atoms with Crippen molar-refractivity contribution in [1.82, 2.24) is 19.7 Å². The first-order valence-corrected chi connectivity index (χ1v) is 16.0. The van der Waals surface area contributed by atoms with Crippen LogP contribution >= 0.6 is 22.9 Å². The molecule has 0 radical (unpaired) electrons. The van der Waals surface area contributed by atoms with Crippen LogP contribution in [0.5, 0.6) is 0 Å². The summed E-state index contributed by atoms with van der Waals surface area (Å²) in [5, 5.41) is 6.84. The summed E-state index contributed by atoms with van der Waals surface area (Å²) in [6.07, 6.45) is 7.22. The van der Waals surface area contributed by atoms with E-state index in [-0.39, 0.29) is 34.8 Å². The standard InChI is InChI=1S/C31H34ClN5O4S/c32-23-4-5-26-25(14-23)37(30(41)42-26)18-27(38)35-6-8-36(9-7-35)29(40)33-24-3-1-2-22(13-24)28(39)34-31-15-19-10-20(16-31)12-21(11-19)17-31/h1-5,13-14,19-21H,6-12,15-18H2,(H,33,40)(H,34,39). The van der Waals surface area contributed by atoms with E-state index in [1.54, 1.807) is 52.3 Å². The van der Waals surface area contributed by atoms with E-state index >= 15 is 0 Å². The predicted molar refractivity (Wildman–Crippen MR) is 163 cm³/mol. The highest BCUT2D eigenvalue weighted by molar-refractivity contribution is 7.16. The van der Waals surface area contributed by atoms with E-state index in [1.165, 1.54) is 23.8 Å². The molecule has 9 nitrogen and oxygen atoms in total. The Hall–Kier alpha value is -3.37. The van der Waals surface area contributed by atoms with Crippen LogP contribution in [0.1, 0.15) is 48.9 Å². The normalized spacial score (nSPS) is 26.5. The molecule has 2 N–H and O–H groups in total. The second-order valence-corrected chi connectivity index (χ2v) is 14.0. The molecule has 0 atom stereocenters. The minimum Gasteiger partial charge on any atom is -0.347 e. The first kappa shape index (κ1) is 27.5. The van der Waals surface area contributed by atoms with Gasteiger partial charge in [0.25, 0.3) is 5.91 Å². The smallest absolute Gasteiger partial charge is 0.321 e. The van der Waals surface area contributed by atoms with E-state index in [1.807, 2.05) is 0 Å². The van der Waals surface area contributed by atoms with Crippen LogP contribution in [0, 0.1) is 17.8 Å². The number of urea groups is 1. The van der Waals surface area contributed by atoms with Crippen molar-refractivity contribution in [3.8, 4) is 0 Å². The number of piperazine rings is 1. The number of amides is 4. The summed E-state index contributed by atoms with van der Waals surface area (Å²) in [5.41, 5.74) is 1.70. The molecule has 2 heterocycles. The Kier molecular flexibility index (Phi) is 7.01. The number of carbonyl (C=O) groups is 3. The van der Waals surface area contributed by atoms with Gasteiger partial charge < -0.3 is 20.4 Å². The SMILES string of the molecule is O=C(NC12CC3CC(CC(C3)C1)C2)c1cccc(NC(=O)N2CCN(C(=O)Cn3c(=O)sc4ccc(Cl)cc43)CC2)c1. The second kappa shape index (κ2) is 10.7. The van der Waals surface area contributed by atoms with Crippen LogP contribution in [0.3, 0.4) is 0 Å². The number of aromatic nitrogens is 1. The average molecular weight is 608 g/mol. The lowest BCUT2D eigenvalue weighted by Crippen LogP contribution is -2.59. The number of rotatable bonds is 5. The Morgan fingerprint density at radius 2 is 1.57 bits per heavy atom. The molecule has 0 spiro atoms. The number of benzene rings is 2. The third kappa shape index (κ3) is 5.30. The van der Waals surface area contributed by atoms with Crippen LogP contribution < -0.4 is 15.5 Å². The molecule has 2 aromatic carbocycles. The highest BCUT2D eigenvalue weighted by Crippen LogP contribution is 2.55. The van der Waals surface area contributed by atoms with Gasteiger partial charge in [-0.2, -0.15) is 0 Å². The monoisotopic (exact) mass is 607 g/mol. The van der Waals surface area contributed by atoms with Gasteiger partial charge in [-0.25, -0.2) is 4.79 Å². The van der Waals surface area contributed by atoms with Gasteiger partial charge in [0.1, 0.15) is 6.54 Å². The number of fused-ring (bicyclic) bond motifs is 1. The molecule has 11 heteroatoms. The maximum Gasteiger partial charge on any atom is 0.321 e. The lowest BCUT2D eigenvalue weighted by molar-refractivity contribution is -0.133. The molecule has 4 amide bonds. The number of nitrogens with zero attached hydrogens (tertiary/aromatic N) is 3. The maximum absolute atomic E-state index is 13.3. The Balaban J connectivity index is 0.938. The number of hydrogen-bond acceptors (Lipinski definition) is 5. The van der Waals surface area contributed by atoms with Crippen LogP contribution in [-0.2, 0) is 11.3 Å². The Morgan fingerprint density at radius 3 is 2.26 bits per heavy atom. The summed E-state index contributed by atoms with van der Waals surface area (Å²) in [6.45, 7) is 1.42. The number of carbonyl (C=O) groups excluding carboxylic acids is 3. The summed E-state index contributed by atoms with van der Waals surface area (Å²) < 4.78 is 2.24. The van der Waals surface area contributed by atoms with Gasteiger partial charge in [0, 0.05) is 48.0 Å². The van der Waals surface area contributed by atoms with E-state index < -0.39 is 0 Å². The first-order valence-electron chi connectivity index (χ1n) is 14.8. The van der Waals surface area contributed by atoms with Crippen molar-refractivity contribution in [3.05, 3.63) is 62.7 Å². The molecule has 4 saturated carbocycles. The van der Waals surface area contributed by atoms with Gasteiger partial charge in [0.05, 0.1) is 10.2 Å². The molecule has 1 aliphatic heterocycles. The number of halogens is 1. The number of hydrogen-bond donors (Lipinski definition) is 2. The molecule has 8 rings (SSSR count). The predicted octanol–water partition coefficient (Wildman–Crippen LogP) is 4.79. The average Bonchev–Trinajstić information content (AvgIpc) is 3.26. The molecule has 0 unspecified atom stereocenters. The lowest BCUT2D eigenvalue weighted by atomic mass is 9.53. The van der Waals surface area contributed by atoms with Crippen LogP contribution in [-0.4, -0.2) is 63.9 Å². The zero-order chi connectivity index (χ0) is 29.0. The molecule has 4 bridgehead atoms. The summed E-state index contributed by atoms with van der Waals surface area (Å²) >= 11 is 7.20. The fourth-order valence-electron chi connectivity index (χ4n) is 8.10. The van der Waals surface area contributed by atoms with Crippen molar-refractivity contribution >= 4 is 56.7 Å². The van der Waals surface area contributed by atoms with E-state index in [9.17, 15) is 19.2 Å². The molecule has 5 aliphatic rings. The zero-order valence-corrected chi connectivity index (χ0v) is 24.9. The van der Waals surface area contributed by atoms with Gasteiger partial charge in [-0.3, -0.25) is 19.0 Å². The van der Waals surface area contributed by atoms with Crippen molar-refractivity contribution in [3.63, 3.8) is 0 Å². The summed E-state index contributed by atoms with van der Waals surface area (Å²) in [7, 11) is 0. The van der Waals surface area contributed by atoms with E-state index in [0.29, 0.717) is 48.0 Å². The minimum atomic E-state index is -0.268.